The fraction of sp³-hybridized carbons (Fsp3) is 0.867. The van der Waals surface area contributed by atoms with Crippen molar-refractivity contribution in [3.05, 3.63) is 0 Å². The molecule has 3 fully saturated rings. The van der Waals surface area contributed by atoms with Crippen molar-refractivity contribution in [3.63, 3.8) is 0 Å². The molecule has 0 aromatic rings. The molecule has 3 aliphatic heterocycles. The molecule has 3 saturated heterocycles. The van der Waals surface area contributed by atoms with E-state index in [2.05, 4.69) is 0 Å². The molecule has 22 heavy (non-hydrogen) atoms. The van der Waals surface area contributed by atoms with Gasteiger partial charge in [0.25, 0.3) is 0 Å². The van der Waals surface area contributed by atoms with E-state index in [4.69, 9.17) is 9.47 Å². The maximum Gasteiger partial charge on any atom is 0.320 e. The molecule has 3 amide bonds. The second kappa shape index (κ2) is 7.28. The van der Waals surface area contributed by atoms with Crippen molar-refractivity contribution in [2.45, 2.75) is 12.8 Å². The van der Waals surface area contributed by atoms with Crippen molar-refractivity contribution in [2.24, 2.45) is 5.92 Å². The fourth-order valence-corrected chi connectivity index (χ4v) is 3.31. The lowest BCUT2D eigenvalue weighted by atomic mass is 9.95. The van der Waals surface area contributed by atoms with Gasteiger partial charge < -0.3 is 24.2 Å². The van der Waals surface area contributed by atoms with Crippen LogP contribution < -0.4 is 0 Å². The van der Waals surface area contributed by atoms with Gasteiger partial charge in [-0.15, -0.1) is 0 Å². The molecule has 0 bridgehead atoms. The quantitative estimate of drug-likeness (QED) is 0.684. The average Bonchev–Trinajstić information content (AvgIpc) is 2.62. The van der Waals surface area contributed by atoms with Gasteiger partial charge in [0.2, 0.25) is 5.91 Å². The number of carbonyl (C=O) groups is 2. The highest BCUT2D eigenvalue weighted by molar-refractivity contribution is 5.80. The first-order valence-electron chi connectivity index (χ1n) is 8.24. The smallest absolute Gasteiger partial charge is 0.320 e. The first kappa shape index (κ1) is 15.6. The molecule has 7 nitrogen and oxygen atoms in total. The Labute approximate surface area is 131 Å². The highest BCUT2D eigenvalue weighted by Crippen LogP contribution is 2.21. The number of hydrogen-bond donors (Lipinski definition) is 0. The van der Waals surface area contributed by atoms with Gasteiger partial charge in [-0.2, -0.15) is 0 Å². The monoisotopic (exact) mass is 311 g/mol. The minimum absolute atomic E-state index is 0.0619. The summed E-state index contributed by atoms with van der Waals surface area (Å²) in [7, 11) is 0. The molecule has 0 spiro atoms. The summed E-state index contributed by atoms with van der Waals surface area (Å²) < 4.78 is 10.6. The molecule has 7 heteroatoms. The number of likely N-dealkylation sites (tertiary alicyclic amines) is 1. The Kier molecular flexibility index (Phi) is 5.15. The number of nitrogens with zero attached hydrogens (tertiary/aromatic N) is 3. The minimum atomic E-state index is 0.0619. The predicted octanol–water partition coefficient (Wildman–Crippen LogP) is 0.00940. The summed E-state index contributed by atoms with van der Waals surface area (Å²) in [5, 5.41) is 0. The molecular weight excluding hydrogens is 286 g/mol. The molecule has 0 saturated carbocycles. The van der Waals surface area contributed by atoms with Crippen LogP contribution in [0.5, 0.6) is 0 Å². The van der Waals surface area contributed by atoms with Gasteiger partial charge in [-0.3, -0.25) is 4.79 Å². The average molecular weight is 311 g/mol. The second-order valence-corrected chi connectivity index (χ2v) is 6.08. The maximum atomic E-state index is 12.5. The van der Waals surface area contributed by atoms with E-state index >= 15 is 0 Å². The Balaban J connectivity index is 1.47. The van der Waals surface area contributed by atoms with Crippen molar-refractivity contribution in [3.8, 4) is 0 Å². The molecule has 0 unspecified atom stereocenters. The normalized spacial score (nSPS) is 24.5. The SMILES string of the molecule is O=C(C1CCN(C(=O)N2CCOCC2)CC1)N1CCOCC1. The van der Waals surface area contributed by atoms with Crippen molar-refractivity contribution >= 4 is 11.9 Å². The lowest BCUT2D eigenvalue weighted by Gasteiger charge is -2.38. The zero-order valence-electron chi connectivity index (χ0n) is 13.0. The maximum absolute atomic E-state index is 12.5. The van der Waals surface area contributed by atoms with E-state index in [1.54, 1.807) is 0 Å². The summed E-state index contributed by atoms with van der Waals surface area (Å²) >= 11 is 0. The number of rotatable bonds is 1. The molecule has 0 aliphatic carbocycles. The van der Waals surface area contributed by atoms with E-state index in [9.17, 15) is 9.59 Å². The number of morpholine rings is 2. The van der Waals surface area contributed by atoms with Gasteiger partial charge in [-0.1, -0.05) is 0 Å². The van der Waals surface area contributed by atoms with Crippen LogP contribution in [-0.4, -0.2) is 92.3 Å². The summed E-state index contributed by atoms with van der Waals surface area (Å²) in [4.78, 5) is 30.5. The highest BCUT2D eigenvalue weighted by Gasteiger charge is 2.32. The van der Waals surface area contributed by atoms with Crippen LogP contribution in [0.4, 0.5) is 4.79 Å². The van der Waals surface area contributed by atoms with Crippen molar-refractivity contribution in [2.75, 3.05) is 65.7 Å². The number of ether oxygens (including phenoxy) is 2. The minimum Gasteiger partial charge on any atom is -0.378 e. The van der Waals surface area contributed by atoms with E-state index in [1.807, 2.05) is 14.7 Å². The van der Waals surface area contributed by atoms with Crippen LogP contribution in [0.1, 0.15) is 12.8 Å². The number of carbonyl (C=O) groups excluding carboxylic acids is 2. The molecule has 3 heterocycles. The summed E-state index contributed by atoms with van der Waals surface area (Å²) in [6.45, 7) is 6.62. The van der Waals surface area contributed by atoms with Gasteiger partial charge in [0.1, 0.15) is 0 Å². The van der Waals surface area contributed by atoms with Gasteiger partial charge in [-0.05, 0) is 12.8 Å². The Morgan fingerprint density at radius 3 is 1.68 bits per heavy atom. The van der Waals surface area contributed by atoms with Crippen molar-refractivity contribution < 1.29 is 19.1 Å². The largest absolute Gasteiger partial charge is 0.378 e. The van der Waals surface area contributed by atoms with Crippen LogP contribution in [0.2, 0.25) is 0 Å². The molecule has 0 aromatic heterocycles. The second-order valence-electron chi connectivity index (χ2n) is 6.08. The molecule has 0 N–H and O–H groups in total. The van der Waals surface area contributed by atoms with Crippen molar-refractivity contribution in [1.29, 1.82) is 0 Å². The standard InChI is InChI=1S/C15H25N3O4/c19-14(16-5-9-21-10-6-16)13-1-3-17(4-2-13)15(20)18-7-11-22-12-8-18/h13H,1-12H2. The summed E-state index contributed by atoms with van der Waals surface area (Å²) in [6, 6.07) is 0.0978. The van der Waals surface area contributed by atoms with Crippen LogP contribution in [0.25, 0.3) is 0 Å². The van der Waals surface area contributed by atoms with E-state index in [0.29, 0.717) is 65.7 Å². The first-order chi connectivity index (χ1) is 10.8. The van der Waals surface area contributed by atoms with Crippen LogP contribution in [0.3, 0.4) is 0 Å². The van der Waals surface area contributed by atoms with E-state index < -0.39 is 0 Å². The third-order valence-corrected chi connectivity index (χ3v) is 4.72. The lowest BCUT2D eigenvalue weighted by Crippen LogP contribution is -2.52. The first-order valence-corrected chi connectivity index (χ1v) is 8.24. The topological polar surface area (TPSA) is 62.3 Å². The molecular formula is C15H25N3O4. The van der Waals surface area contributed by atoms with Crippen LogP contribution >= 0.6 is 0 Å². The fourth-order valence-electron chi connectivity index (χ4n) is 3.31. The molecule has 3 rings (SSSR count). The Hall–Kier alpha value is -1.34. The highest BCUT2D eigenvalue weighted by atomic mass is 16.5. The van der Waals surface area contributed by atoms with E-state index in [-0.39, 0.29) is 17.9 Å². The summed E-state index contributed by atoms with van der Waals surface area (Å²) in [5.41, 5.74) is 0. The summed E-state index contributed by atoms with van der Waals surface area (Å²) in [5.74, 6) is 0.300. The molecule has 0 radical (unpaired) electrons. The molecule has 3 aliphatic rings. The molecule has 0 aromatic carbocycles. The Morgan fingerprint density at radius 2 is 1.14 bits per heavy atom. The predicted molar refractivity (Wildman–Crippen MR) is 79.5 cm³/mol. The van der Waals surface area contributed by atoms with E-state index in [0.717, 1.165) is 12.8 Å². The zero-order chi connectivity index (χ0) is 15.4. The molecule has 0 atom stereocenters. The zero-order valence-corrected chi connectivity index (χ0v) is 13.0. The van der Waals surface area contributed by atoms with Gasteiger partial charge in [0, 0.05) is 45.2 Å². The lowest BCUT2D eigenvalue weighted by molar-refractivity contribution is -0.141. The molecule has 124 valence electrons. The number of urea groups is 1. The van der Waals surface area contributed by atoms with Gasteiger partial charge in [-0.25, -0.2) is 4.79 Å². The number of hydrogen-bond acceptors (Lipinski definition) is 4. The van der Waals surface area contributed by atoms with Crippen LogP contribution in [0.15, 0.2) is 0 Å². The number of amides is 3. The van der Waals surface area contributed by atoms with Gasteiger partial charge >= 0.3 is 6.03 Å². The van der Waals surface area contributed by atoms with Gasteiger partial charge in [0.15, 0.2) is 0 Å². The Bertz CT molecular complexity index is 360. The summed E-state index contributed by atoms with van der Waals surface area (Å²) in [6.07, 6.45) is 1.54. The van der Waals surface area contributed by atoms with E-state index in [1.165, 1.54) is 0 Å². The third kappa shape index (κ3) is 3.52. The third-order valence-electron chi connectivity index (χ3n) is 4.72. The van der Waals surface area contributed by atoms with Crippen LogP contribution in [0, 0.1) is 5.92 Å². The Morgan fingerprint density at radius 1 is 0.682 bits per heavy atom. The van der Waals surface area contributed by atoms with Gasteiger partial charge in [0.05, 0.1) is 26.4 Å². The van der Waals surface area contributed by atoms with Crippen LogP contribution in [-0.2, 0) is 14.3 Å². The van der Waals surface area contributed by atoms with Crippen molar-refractivity contribution in [1.82, 2.24) is 14.7 Å². The number of piperidine rings is 1.